The summed E-state index contributed by atoms with van der Waals surface area (Å²) in [5, 5.41) is 4.64. The van der Waals surface area contributed by atoms with E-state index in [0.29, 0.717) is 12.5 Å². The van der Waals surface area contributed by atoms with Gasteiger partial charge in [0.25, 0.3) is 0 Å². The summed E-state index contributed by atoms with van der Waals surface area (Å²) < 4.78 is 48.3. The van der Waals surface area contributed by atoms with Crippen molar-refractivity contribution in [3.05, 3.63) is 29.8 Å². The summed E-state index contributed by atoms with van der Waals surface area (Å²) >= 11 is 0. The lowest BCUT2D eigenvalue weighted by Gasteiger charge is -2.12. The van der Waals surface area contributed by atoms with Crippen molar-refractivity contribution >= 4 is 21.6 Å². The summed E-state index contributed by atoms with van der Waals surface area (Å²) in [7, 11) is -3.09. The first-order valence-corrected chi connectivity index (χ1v) is 7.41. The molecule has 1 unspecified atom stereocenters. The van der Waals surface area contributed by atoms with E-state index in [9.17, 15) is 22.0 Å². The van der Waals surface area contributed by atoms with Gasteiger partial charge in [0, 0.05) is 12.1 Å². The third-order valence-corrected chi connectivity index (χ3v) is 4.51. The van der Waals surface area contributed by atoms with Gasteiger partial charge in [0.15, 0.2) is 9.84 Å². The molecule has 1 fully saturated rings. The van der Waals surface area contributed by atoms with Crippen LogP contribution in [0.15, 0.2) is 18.2 Å². The second-order valence-corrected chi connectivity index (χ2v) is 6.55. The molecule has 2 N–H and O–H groups in total. The largest absolute Gasteiger partial charge is 0.334 e. The predicted molar refractivity (Wildman–Crippen MR) is 65.6 cm³/mol. The van der Waals surface area contributed by atoms with Gasteiger partial charge < -0.3 is 10.6 Å². The minimum Gasteiger partial charge on any atom is -0.334 e. The zero-order valence-electron chi connectivity index (χ0n) is 9.82. The van der Waals surface area contributed by atoms with Crippen LogP contribution in [0.4, 0.5) is 19.3 Å². The number of hydrogen-bond acceptors (Lipinski definition) is 3. The zero-order chi connectivity index (χ0) is 14.0. The van der Waals surface area contributed by atoms with Crippen molar-refractivity contribution in [2.24, 2.45) is 0 Å². The summed E-state index contributed by atoms with van der Waals surface area (Å²) in [5.41, 5.74) is -0.167. The number of sulfone groups is 1. The van der Waals surface area contributed by atoms with Gasteiger partial charge in [0.1, 0.15) is 11.6 Å². The highest BCUT2D eigenvalue weighted by atomic mass is 32.2. The third-order valence-electron chi connectivity index (χ3n) is 2.75. The van der Waals surface area contributed by atoms with Gasteiger partial charge in [-0.25, -0.2) is 22.0 Å². The Hall–Kier alpha value is -1.70. The van der Waals surface area contributed by atoms with E-state index in [1.54, 1.807) is 0 Å². The molecule has 1 aliphatic rings. The second-order valence-electron chi connectivity index (χ2n) is 4.32. The lowest BCUT2D eigenvalue weighted by molar-refractivity contribution is 0.249. The van der Waals surface area contributed by atoms with E-state index in [0.717, 1.165) is 12.1 Å². The first-order chi connectivity index (χ1) is 8.85. The van der Waals surface area contributed by atoms with Crippen molar-refractivity contribution in [3.8, 4) is 0 Å². The van der Waals surface area contributed by atoms with Gasteiger partial charge in [-0.05, 0) is 18.6 Å². The fourth-order valence-electron chi connectivity index (χ4n) is 1.84. The van der Waals surface area contributed by atoms with E-state index in [2.05, 4.69) is 10.6 Å². The summed E-state index contributed by atoms with van der Waals surface area (Å²) in [6.07, 6.45) is 0.335. The van der Waals surface area contributed by atoms with Crippen molar-refractivity contribution < 1.29 is 22.0 Å². The molecule has 5 nitrogen and oxygen atoms in total. The molecule has 1 aromatic rings. The van der Waals surface area contributed by atoms with Gasteiger partial charge in [-0.15, -0.1) is 0 Å². The Balaban J connectivity index is 1.95. The molecule has 1 heterocycles. The van der Waals surface area contributed by atoms with E-state index in [1.807, 2.05) is 0 Å². The maximum atomic E-state index is 13.3. The Morgan fingerprint density at radius 2 is 2.05 bits per heavy atom. The Morgan fingerprint density at radius 3 is 2.63 bits per heavy atom. The molecule has 19 heavy (non-hydrogen) atoms. The fraction of sp³-hybridized carbons (Fsp3) is 0.364. The van der Waals surface area contributed by atoms with Crippen LogP contribution in [-0.2, 0) is 9.84 Å². The molecule has 2 amide bonds. The Labute approximate surface area is 108 Å². The molecule has 0 saturated carbocycles. The summed E-state index contributed by atoms with van der Waals surface area (Å²) in [6, 6.07) is 1.56. The van der Waals surface area contributed by atoms with E-state index < -0.39 is 33.5 Å². The average Bonchev–Trinajstić information content (AvgIpc) is 2.62. The number of nitrogens with one attached hydrogen (secondary N) is 2. The Kier molecular flexibility index (Phi) is 3.70. The zero-order valence-corrected chi connectivity index (χ0v) is 10.6. The maximum absolute atomic E-state index is 13.3. The van der Waals surface area contributed by atoms with Gasteiger partial charge in [0.2, 0.25) is 0 Å². The van der Waals surface area contributed by atoms with Gasteiger partial charge in [-0.1, -0.05) is 0 Å². The fourth-order valence-corrected chi connectivity index (χ4v) is 3.52. The molecule has 0 aromatic heterocycles. The number of carbonyl (C=O) groups excluding carboxylic acids is 1. The molecule has 1 saturated heterocycles. The molecule has 0 aliphatic carbocycles. The SMILES string of the molecule is O=C(Nc1ccc(F)cc1F)NC1CCS(=O)(=O)C1. The van der Waals surface area contributed by atoms with Crippen LogP contribution in [0.1, 0.15) is 6.42 Å². The minimum absolute atomic E-state index is 0.0306. The van der Waals surface area contributed by atoms with Crippen molar-refractivity contribution in [1.82, 2.24) is 5.32 Å². The average molecular weight is 290 g/mol. The number of anilines is 1. The maximum Gasteiger partial charge on any atom is 0.319 e. The van der Waals surface area contributed by atoms with E-state index in [1.165, 1.54) is 0 Å². The summed E-state index contributed by atoms with van der Waals surface area (Å²) in [4.78, 5) is 11.5. The highest BCUT2D eigenvalue weighted by molar-refractivity contribution is 7.91. The van der Waals surface area contributed by atoms with Crippen LogP contribution < -0.4 is 10.6 Å². The summed E-state index contributed by atoms with van der Waals surface area (Å²) in [5.74, 6) is -1.73. The highest BCUT2D eigenvalue weighted by Crippen LogP contribution is 2.15. The van der Waals surface area contributed by atoms with Crippen molar-refractivity contribution in [3.63, 3.8) is 0 Å². The summed E-state index contributed by atoms with van der Waals surface area (Å²) in [6.45, 7) is 0. The van der Waals surface area contributed by atoms with Crippen LogP contribution in [0, 0.1) is 11.6 Å². The predicted octanol–water partition coefficient (Wildman–Crippen LogP) is 1.27. The van der Waals surface area contributed by atoms with Crippen LogP contribution in [0.2, 0.25) is 0 Å². The number of halogens is 2. The van der Waals surface area contributed by atoms with Crippen LogP contribution in [0.3, 0.4) is 0 Å². The number of rotatable bonds is 2. The molecule has 1 atom stereocenters. The van der Waals surface area contributed by atoms with E-state index in [4.69, 9.17) is 0 Å². The van der Waals surface area contributed by atoms with Crippen LogP contribution in [0.5, 0.6) is 0 Å². The number of carbonyl (C=O) groups is 1. The highest BCUT2D eigenvalue weighted by Gasteiger charge is 2.28. The molecule has 1 aliphatic heterocycles. The molecule has 0 spiro atoms. The normalized spacial score (nSPS) is 21.1. The monoisotopic (exact) mass is 290 g/mol. The minimum atomic E-state index is -3.09. The van der Waals surface area contributed by atoms with Gasteiger partial charge in [-0.2, -0.15) is 0 Å². The quantitative estimate of drug-likeness (QED) is 0.861. The first-order valence-electron chi connectivity index (χ1n) is 5.59. The van der Waals surface area contributed by atoms with Crippen molar-refractivity contribution in [1.29, 1.82) is 0 Å². The smallest absolute Gasteiger partial charge is 0.319 e. The molecule has 0 radical (unpaired) electrons. The van der Waals surface area contributed by atoms with E-state index in [-0.39, 0.29) is 17.2 Å². The number of urea groups is 1. The first kappa shape index (κ1) is 13.7. The van der Waals surface area contributed by atoms with Gasteiger partial charge in [0.05, 0.1) is 17.2 Å². The molecule has 2 rings (SSSR count). The number of hydrogen-bond donors (Lipinski definition) is 2. The third kappa shape index (κ3) is 3.63. The standard InChI is InChI=1S/C11H12F2N2O3S/c12-7-1-2-10(9(13)5-7)15-11(16)14-8-3-4-19(17,18)6-8/h1-2,5,8H,3-4,6H2,(H2,14,15,16). The van der Waals surface area contributed by atoms with Gasteiger partial charge in [-0.3, -0.25) is 0 Å². The topological polar surface area (TPSA) is 75.3 Å². The Morgan fingerprint density at radius 1 is 1.32 bits per heavy atom. The van der Waals surface area contributed by atoms with Crippen molar-refractivity contribution in [2.45, 2.75) is 12.5 Å². The molecule has 0 bridgehead atoms. The van der Waals surface area contributed by atoms with Crippen LogP contribution >= 0.6 is 0 Å². The Bertz CT molecular complexity index is 604. The van der Waals surface area contributed by atoms with Gasteiger partial charge >= 0.3 is 6.03 Å². The molecule has 8 heteroatoms. The second kappa shape index (κ2) is 5.12. The van der Waals surface area contributed by atoms with Crippen LogP contribution in [-0.4, -0.2) is 32.0 Å². The number of benzene rings is 1. The lowest BCUT2D eigenvalue weighted by Crippen LogP contribution is -2.38. The molecule has 1 aromatic carbocycles. The van der Waals surface area contributed by atoms with Crippen LogP contribution in [0.25, 0.3) is 0 Å². The van der Waals surface area contributed by atoms with E-state index >= 15 is 0 Å². The molecular formula is C11H12F2N2O3S. The molecule has 104 valence electrons. The van der Waals surface area contributed by atoms with Crippen molar-refractivity contribution in [2.75, 3.05) is 16.8 Å². The lowest BCUT2D eigenvalue weighted by atomic mass is 10.2. The number of amides is 2. The molecular weight excluding hydrogens is 278 g/mol.